The van der Waals surface area contributed by atoms with E-state index in [1.807, 2.05) is 39.8 Å². The van der Waals surface area contributed by atoms with Gasteiger partial charge in [0.1, 0.15) is 12.2 Å². The van der Waals surface area contributed by atoms with E-state index < -0.39 is 6.10 Å². The van der Waals surface area contributed by atoms with Crippen LogP contribution < -0.4 is 0 Å². The highest BCUT2D eigenvalue weighted by atomic mass is 16.6. The molecule has 1 saturated heterocycles. The molecule has 0 unspecified atom stereocenters. The van der Waals surface area contributed by atoms with Crippen LogP contribution in [0.2, 0.25) is 0 Å². The largest absolute Gasteiger partial charge is 0.461 e. The van der Waals surface area contributed by atoms with Crippen LogP contribution in [0.15, 0.2) is 23.3 Å². The molecule has 0 bridgehead atoms. The van der Waals surface area contributed by atoms with Gasteiger partial charge >= 0.3 is 11.9 Å². The van der Waals surface area contributed by atoms with Gasteiger partial charge in [-0.3, -0.25) is 9.59 Å². The van der Waals surface area contributed by atoms with Crippen molar-refractivity contribution < 1.29 is 24.2 Å². The first-order valence-electron chi connectivity index (χ1n) is 9.24. The predicted molar refractivity (Wildman–Crippen MR) is 94.6 cm³/mol. The highest BCUT2D eigenvalue weighted by Crippen LogP contribution is 2.37. The van der Waals surface area contributed by atoms with Crippen LogP contribution in [0.25, 0.3) is 0 Å². The summed E-state index contributed by atoms with van der Waals surface area (Å²) in [6.07, 6.45) is 5.96. The minimum atomic E-state index is -0.478. The lowest BCUT2D eigenvalue weighted by atomic mass is 9.82. The number of ether oxygens (including phenoxy) is 2. The van der Waals surface area contributed by atoms with Crippen molar-refractivity contribution in [2.45, 2.75) is 65.6 Å². The number of hydrogen-bond donors (Lipinski definition) is 1. The van der Waals surface area contributed by atoms with Crippen molar-refractivity contribution in [1.82, 2.24) is 0 Å². The predicted octanol–water partition coefficient (Wildman–Crippen LogP) is 3.17. The SMILES string of the molecule is CC[C@@H](C)C(=O)O[C@@H]1C/C(CO)=C/CC/C(C)=C/[C@@H]2OC(=O)[C@H](C)[C@@H]21. The van der Waals surface area contributed by atoms with Crippen LogP contribution in [0.3, 0.4) is 0 Å². The molecule has 1 fully saturated rings. The van der Waals surface area contributed by atoms with Gasteiger partial charge in [0.2, 0.25) is 0 Å². The third-order valence-corrected chi connectivity index (χ3v) is 5.38. The lowest BCUT2D eigenvalue weighted by Gasteiger charge is -2.30. The number of carbonyl (C=O) groups excluding carboxylic acids is 2. The van der Waals surface area contributed by atoms with Crippen molar-refractivity contribution in [2.75, 3.05) is 6.61 Å². The first kappa shape index (κ1) is 19.7. The summed E-state index contributed by atoms with van der Waals surface area (Å²) in [5.74, 6) is -1.28. The van der Waals surface area contributed by atoms with Crippen molar-refractivity contribution in [1.29, 1.82) is 0 Å². The number of esters is 2. The van der Waals surface area contributed by atoms with Crippen molar-refractivity contribution in [3.8, 4) is 0 Å². The molecule has 2 aliphatic rings. The third kappa shape index (κ3) is 4.72. The molecule has 0 aromatic carbocycles. The number of fused-ring (bicyclic) bond motifs is 1. The van der Waals surface area contributed by atoms with E-state index in [0.717, 1.165) is 24.0 Å². The zero-order valence-corrected chi connectivity index (χ0v) is 15.7. The van der Waals surface area contributed by atoms with Gasteiger partial charge in [0.25, 0.3) is 0 Å². The molecule has 5 heteroatoms. The van der Waals surface area contributed by atoms with Crippen LogP contribution in [0.5, 0.6) is 0 Å². The summed E-state index contributed by atoms with van der Waals surface area (Å²) >= 11 is 0. The van der Waals surface area contributed by atoms with E-state index in [2.05, 4.69) is 0 Å². The molecular weight excluding hydrogens is 320 g/mol. The normalized spacial score (nSPS) is 35.5. The van der Waals surface area contributed by atoms with Crippen molar-refractivity contribution in [3.05, 3.63) is 23.3 Å². The zero-order chi connectivity index (χ0) is 18.6. The maximum atomic E-state index is 12.4. The van der Waals surface area contributed by atoms with Crippen molar-refractivity contribution >= 4 is 11.9 Å². The molecule has 1 heterocycles. The Hall–Kier alpha value is -1.62. The fourth-order valence-electron chi connectivity index (χ4n) is 3.47. The van der Waals surface area contributed by atoms with Crippen LogP contribution in [-0.4, -0.2) is 35.9 Å². The Bertz CT molecular complexity index is 562. The molecule has 1 aliphatic carbocycles. The minimum absolute atomic E-state index is 0.0687. The molecule has 1 N–H and O–H groups in total. The van der Waals surface area contributed by atoms with Gasteiger partial charge in [0.15, 0.2) is 0 Å². The van der Waals surface area contributed by atoms with E-state index in [1.165, 1.54) is 0 Å². The Morgan fingerprint density at radius 1 is 1.48 bits per heavy atom. The average Bonchev–Trinajstić information content (AvgIpc) is 2.85. The van der Waals surface area contributed by atoms with Gasteiger partial charge in [-0.25, -0.2) is 0 Å². The number of hydrogen-bond acceptors (Lipinski definition) is 5. The molecule has 5 atom stereocenters. The molecule has 5 nitrogen and oxygen atoms in total. The van der Waals surface area contributed by atoms with E-state index >= 15 is 0 Å². The monoisotopic (exact) mass is 350 g/mol. The second-order valence-corrected chi connectivity index (χ2v) is 7.33. The van der Waals surface area contributed by atoms with Gasteiger partial charge in [0.05, 0.1) is 24.4 Å². The Balaban J connectivity index is 2.35. The van der Waals surface area contributed by atoms with E-state index in [4.69, 9.17) is 9.47 Å². The van der Waals surface area contributed by atoms with Gasteiger partial charge in [0, 0.05) is 6.42 Å². The molecule has 0 aromatic heterocycles. The molecule has 0 spiro atoms. The van der Waals surface area contributed by atoms with Crippen molar-refractivity contribution in [2.24, 2.45) is 17.8 Å². The molecular formula is C20H30O5. The molecule has 0 radical (unpaired) electrons. The van der Waals surface area contributed by atoms with E-state index in [-0.39, 0.29) is 42.4 Å². The molecule has 2 rings (SSSR count). The number of allylic oxidation sites excluding steroid dienone is 2. The molecule has 25 heavy (non-hydrogen) atoms. The standard InChI is InChI=1S/C20H30O5/c1-5-13(3)19(22)24-17-10-15(11-21)8-6-7-12(2)9-16-18(17)14(4)20(23)25-16/h8-9,13-14,16-18,21H,5-7,10-11H2,1-4H3/b12-9+,15-8-/t13-,14-,16+,17-,18+/m1/s1. The summed E-state index contributed by atoms with van der Waals surface area (Å²) in [6, 6.07) is 0. The highest BCUT2D eigenvalue weighted by Gasteiger charge is 2.47. The van der Waals surface area contributed by atoms with Crippen LogP contribution in [0, 0.1) is 17.8 Å². The van der Waals surface area contributed by atoms with Crippen molar-refractivity contribution in [3.63, 3.8) is 0 Å². The second kappa shape index (κ2) is 8.65. The van der Waals surface area contributed by atoms with Gasteiger partial charge < -0.3 is 14.6 Å². The van der Waals surface area contributed by atoms with E-state index in [0.29, 0.717) is 12.8 Å². The Kier molecular flexibility index (Phi) is 6.82. The first-order valence-corrected chi connectivity index (χ1v) is 9.24. The third-order valence-electron chi connectivity index (χ3n) is 5.38. The lowest BCUT2D eigenvalue weighted by molar-refractivity contribution is -0.157. The smallest absolute Gasteiger partial charge is 0.309 e. The van der Waals surface area contributed by atoms with Crippen LogP contribution in [0.1, 0.15) is 53.4 Å². The maximum absolute atomic E-state index is 12.4. The quantitative estimate of drug-likeness (QED) is 0.623. The fraction of sp³-hybridized carbons (Fsp3) is 0.700. The second-order valence-electron chi connectivity index (χ2n) is 7.33. The van der Waals surface area contributed by atoms with Crippen LogP contribution in [-0.2, 0) is 19.1 Å². The Labute approximate surface area is 150 Å². The number of aliphatic hydroxyl groups is 1. The summed E-state index contributed by atoms with van der Waals surface area (Å²) in [5.41, 5.74) is 1.99. The Morgan fingerprint density at radius 3 is 2.84 bits per heavy atom. The van der Waals surface area contributed by atoms with Crippen LogP contribution >= 0.6 is 0 Å². The van der Waals surface area contributed by atoms with E-state index in [1.54, 1.807) is 0 Å². The highest BCUT2D eigenvalue weighted by molar-refractivity contribution is 5.76. The summed E-state index contributed by atoms with van der Waals surface area (Å²) in [7, 11) is 0. The molecule has 0 amide bonds. The molecule has 1 aliphatic heterocycles. The average molecular weight is 350 g/mol. The summed E-state index contributed by atoms with van der Waals surface area (Å²) in [5, 5.41) is 9.68. The summed E-state index contributed by atoms with van der Waals surface area (Å²) in [6.45, 7) is 7.56. The zero-order valence-electron chi connectivity index (χ0n) is 15.7. The Morgan fingerprint density at radius 2 is 2.20 bits per heavy atom. The van der Waals surface area contributed by atoms with Gasteiger partial charge in [-0.2, -0.15) is 0 Å². The maximum Gasteiger partial charge on any atom is 0.309 e. The van der Waals surface area contributed by atoms with Crippen LogP contribution in [0.4, 0.5) is 0 Å². The number of aliphatic hydroxyl groups excluding tert-OH is 1. The number of carbonyl (C=O) groups is 2. The van der Waals surface area contributed by atoms with Gasteiger partial charge in [-0.1, -0.05) is 32.4 Å². The summed E-state index contributed by atoms with van der Waals surface area (Å²) in [4.78, 5) is 24.5. The van der Waals surface area contributed by atoms with Gasteiger partial charge in [-0.05, 0) is 37.8 Å². The number of rotatable bonds is 4. The topological polar surface area (TPSA) is 72.8 Å². The fourth-order valence-corrected chi connectivity index (χ4v) is 3.47. The molecule has 0 aromatic rings. The van der Waals surface area contributed by atoms with Gasteiger partial charge in [-0.15, -0.1) is 0 Å². The van der Waals surface area contributed by atoms with E-state index in [9.17, 15) is 14.7 Å². The molecule has 140 valence electrons. The summed E-state index contributed by atoms with van der Waals surface area (Å²) < 4.78 is 11.4. The first-order chi connectivity index (χ1) is 11.9. The molecule has 0 saturated carbocycles. The minimum Gasteiger partial charge on any atom is -0.461 e. The lowest BCUT2D eigenvalue weighted by Crippen LogP contribution is -2.37.